The number of H-pyrrole nitrogens is 1. The lowest BCUT2D eigenvalue weighted by molar-refractivity contribution is -0.122. The molecule has 218 valence electrons. The van der Waals surface area contributed by atoms with Gasteiger partial charge in [-0.15, -0.1) is 0 Å². The average molecular weight is 567 g/mol. The van der Waals surface area contributed by atoms with Crippen molar-refractivity contribution in [2.45, 2.75) is 51.6 Å². The highest BCUT2D eigenvalue weighted by molar-refractivity contribution is 5.97. The molecule has 2 aromatic heterocycles. The second-order valence-corrected chi connectivity index (χ2v) is 12.1. The quantitative estimate of drug-likeness (QED) is 0.297. The van der Waals surface area contributed by atoms with E-state index in [1.54, 1.807) is 19.0 Å². The molecule has 2 aromatic carbocycles. The van der Waals surface area contributed by atoms with Crippen molar-refractivity contribution in [3.8, 4) is 22.4 Å². The van der Waals surface area contributed by atoms with Crippen molar-refractivity contribution in [2.75, 3.05) is 33.8 Å². The number of hydrogen-bond acceptors (Lipinski definition) is 6. The summed E-state index contributed by atoms with van der Waals surface area (Å²) in [5.41, 5.74) is 10.4. The summed E-state index contributed by atoms with van der Waals surface area (Å²) in [6, 6.07) is 10.3. The summed E-state index contributed by atoms with van der Waals surface area (Å²) in [5.74, 6) is -0.00435. The zero-order valence-electron chi connectivity index (χ0n) is 24.8. The van der Waals surface area contributed by atoms with Gasteiger partial charge in [0.25, 0.3) is 5.91 Å². The van der Waals surface area contributed by atoms with Gasteiger partial charge >= 0.3 is 0 Å². The van der Waals surface area contributed by atoms with Crippen molar-refractivity contribution < 1.29 is 14.7 Å². The fourth-order valence-electron chi connectivity index (χ4n) is 5.97. The summed E-state index contributed by atoms with van der Waals surface area (Å²) >= 11 is 0. The number of aliphatic hydroxyl groups excluding tert-OH is 1. The zero-order chi connectivity index (χ0) is 29.6. The van der Waals surface area contributed by atoms with Crippen LogP contribution in [0.2, 0.25) is 0 Å². The van der Waals surface area contributed by atoms with Gasteiger partial charge in [-0.1, -0.05) is 12.1 Å². The number of fused-ring (bicyclic) bond motifs is 2. The lowest BCUT2D eigenvalue weighted by Crippen LogP contribution is -2.41. The Morgan fingerprint density at radius 3 is 2.62 bits per heavy atom. The summed E-state index contributed by atoms with van der Waals surface area (Å²) in [5, 5.41) is 12.5. The molecule has 0 unspecified atom stereocenters. The van der Waals surface area contributed by atoms with E-state index < -0.39 is 0 Å². The maximum atomic E-state index is 12.5. The van der Waals surface area contributed by atoms with Gasteiger partial charge in [-0.3, -0.25) is 14.5 Å². The minimum atomic E-state index is -0.369. The lowest BCUT2D eigenvalue weighted by Gasteiger charge is -2.30. The monoisotopic (exact) mass is 566 g/mol. The summed E-state index contributed by atoms with van der Waals surface area (Å²) in [6.07, 6.45) is 6.83. The standard InChI is InChI=1S/C33H38N6O3/c1-20-14-23(15-24-18-39(11-7-25(20)24)12-8-29(41)37-33(19-40)9-10-33)28-17-35-31-30(36-28)27(16-34-31)22-5-6-26(21(2)13-22)32(42)38(3)4/h5-6,13-17,40H,7-12,18-19H2,1-4H3,(H,34,35)(H,37,41). The number of hydrogen-bond donors (Lipinski definition) is 3. The van der Waals surface area contributed by atoms with Crippen LogP contribution in [0.4, 0.5) is 0 Å². The van der Waals surface area contributed by atoms with Crippen LogP contribution in [-0.2, 0) is 17.8 Å². The molecule has 1 saturated carbocycles. The third-order valence-electron chi connectivity index (χ3n) is 8.70. The van der Waals surface area contributed by atoms with E-state index in [9.17, 15) is 14.7 Å². The van der Waals surface area contributed by atoms with E-state index in [2.05, 4.69) is 34.3 Å². The first kappa shape index (κ1) is 28.1. The van der Waals surface area contributed by atoms with Crippen molar-refractivity contribution in [2.24, 2.45) is 0 Å². The molecule has 6 rings (SSSR count). The third-order valence-corrected chi connectivity index (χ3v) is 8.70. The maximum Gasteiger partial charge on any atom is 0.253 e. The Morgan fingerprint density at radius 2 is 1.90 bits per heavy atom. The average Bonchev–Trinajstić information content (AvgIpc) is 3.62. The Balaban J connectivity index is 1.23. The van der Waals surface area contributed by atoms with Crippen LogP contribution < -0.4 is 5.32 Å². The van der Waals surface area contributed by atoms with E-state index in [0.29, 0.717) is 24.2 Å². The fourth-order valence-corrected chi connectivity index (χ4v) is 5.97. The smallest absolute Gasteiger partial charge is 0.253 e. The van der Waals surface area contributed by atoms with Gasteiger partial charge in [0.15, 0.2) is 5.65 Å². The number of nitrogens with zero attached hydrogens (tertiary/aromatic N) is 4. The van der Waals surface area contributed by atoms with Crippen LogP contribution in [0, 0.1) is 13.8 Å². The highest BCUT2D eigenvalue weighted by Crippen LogP contribution is 2.35. The van der Waals surface area contributed by atoms with Gasteiger partial charge in [-0.05, 0) is 79.1 Å². The van der Waals surface area contributed by atoms with Crippen LogP contribution in [0.15, 0.2) is 42.7 Å². The first-order chi connectivity index (χ1) is 20.2. The van der Waals surface area contributed by atoms with Gasteiger partial charge in [0, 0.05) is 63.0 Å². The number of nitrogens with one attached hydrogen (secondary N) is 2. The second-order valence-electron chi connectivity index (χ2n) is 12.1. The summed E-state index contributed by atoms with van der Waals surface area (Å²) in [6.45, 7) is 6.51. The Morgan fingerprint density at radius 1 is 1.12 bits per heavy atom. The Kier molecular flexibility index (Phi) is 7.32. The predicted octanol–water partition coefficient (Wildman–Crippen LogP) is 4.00. The number of aromatic nitrogens is 3. The Bertz CT molecular complexity index is 1690. The number of rotatable bonds is 8. The number of aliphatic hydroxyl groups is 1. The molecule has 0 saturated heterocycles. The molecule has 2 amide bonds. The largest absolute Gasteiger partial charge is 0.394 e. The Hall–Kier alpha value is -4.08. The zero-order valence-corrected chi connectivity index (χ0v) is 24.8. The van der Waals surface area contributed by atoms with Crippen LogP contribution in [0.25, 0.3) is 33.5 Å². The molecule has 0 atom stereocenters. The SMILES string of the molecule is Cc1cc(-c2c[nH]c3ncc(-c4cc(C)c5c(c4)CN(CCC(=O)NC4(CO)CC4)CC5)nc23)ccc1C(=O)N(C)C. The minimum absolute atomic E-state index is 0.0114. The van der Waals surface area contributed by atoms with Crippen LogP contribution in [0.1, 0.15) is 51.9 Å². The molecule has 3 N–H and O–H groups in total. The first-order valence-electron chi connectivity index (χ1n) is 14.6. The number of amides is 2. The molecule has 9 heteroatoms. The van der Waals surface area contributed by atoms with E-state index in [-0.39, 0.29) is 24.0 Å². The number of carbonyl (C=O) groups is 2. The number of aryl methyl sites for hydroxylation is 2. The van der Waals surface area contributed by atoms with Crippen molar-refractivity contribution in [3.63, 3.8) is 0 Å². The van der Waals surface area contributed by atoms with Gasteiger partial charge in [0.1, 0.15) is 5.52 Å². The summed E-state index contributed by atoms with van der Waals surface area (Å²) in [7, 11) is 3.52. The third kappa shape index (κ3) is 5.42. The molecule has 1 fully saturated rings. The highest BCUT2D eigenvalue weighted by Gasteiger charge is 2.43. The minimum Gasteiger partial charge on any atom is -0.394 e. The van der Waals surface area contributed by atoms with Crippen molar-refractivity contribution in [1.82, 2.24) is 30.1 Å². The van der Waals surface area contributed by atoms with E-state index in [1.165, 1.54) is 16.7 Å². The molecule has 1 aliphatic heterocycles. The molecule has 4 aromatic rings. The first-order valence-corrected chi connectivity index (χ1v) is 14.6. The molecule has 0 spiro atoms. The molecular formula is C33H38N6O3. The van der Waals surface area contributed by atoms with E-state index in [1.807, 2.05) is 37.5 Å². The van der Waals surface area contributed by atoms with Crippen molar-refractivity contribution >= 4 is 23.0 Å². The van der Waals surface area contributed by atoms with E-state index in [4.69, 9.17) is 9.97 Å². The molecule has 0 radical (unpaired) electrons. The maximum absolute atomic E-state index is 12.5. The summed E-state index contributed by atoms with van der Waals surface area (Å²) in [4.78, 5) is 41.9. The van der Waals surface area contributed by atoms with Gasteiger partial charge in [0.2, 0.25) is 5.91 Å². The fraction of sp³-hybridized carbons (Fsp3) is 0.394. The molecular weight excluding hydrogens is 528 g/mol. The normalized spacial score (nSPS) is 15.8. The molecule has 0 bridgehead atoms. The van der Waals surface area contributed by atoms with Crippen LogP contribution in [0.5, 0.6) is 0 Å². The number of aromatic amines is 1. The summed E-state index contributed by atoms with van der Waals surface area (Å²) < 4.78 is 0. The van der Waals surface area contributed by atoms with Crippen molar-refractivity contribution in [3.05, 3.63) is 70.5 Å². The molecule has 2 aliphatic rings. The van der Waals surface area contributed by atoms with Crippen LogP contribution in [-0.4, -0.2) is 81.0 Å². The van der Waals surface area contributed by atoms with Crippen molar-refractivity contribution in [1.29, 1.82) is 0 Å². The van der Waals surface area contributed by atoms with Gasteiger partial charge in [0.05, 0.1) is 24.0 Å². The topological polar surface area (TPSA) is 114 Å². The molecule has 3 heterocycles. The molecule has 1 aliphatic carbocycles. The predicted molar refractivity (Wildman–Crippen MR) is 163 cm³/mol. The Labute approximate surface area is 246 Å². The van der Waals surface area contributed by atoms with E-state index >= 15 is 0 Å². The number of carbonyl (C=O) groups excluding carboxylic acids is 2. The lowest BCUT2D eigenvalue weighted by atomic mass is 9.92. The van der Waals surface area contributed by atoms with Gasteiger partial charge in [-0.25, -0.2) is 9.97 Å². The molecule has 42 heavy (non-hydrogen) atoms. The second kappa shape index (κ2) is 11.0. The van der Waals surface area contributed by atoms with Gasteiger partial charge < -0.3 is 20.3 Å². The van der Waals surface area contributed by atoms with E-state index in [0.717, 1.165) is 65.8 Å². The van der Waals surface area contributed by atoms with Crippen LogP contribution >= 0.6 is 0 Å². The number of benzene rings is 2. The van der Waals surface area contributed by atoms with Gasteiger partial charge in [-0.2, -0.15) is 0 Å². The van der Waals surface area contributed by atoms with Crippen LogP contribution in [0.3, 0.4) is 0 Å². The highest BCUT2D eigenvalue weighted by atomic mass is 16.3. The molecule has 9 nitrogen and oxygen atoms in total.